The Balaban J connectivity index is 2.66. The van der Waals surface area contributed by atoms with E-state index < -0.39 is 0 Å². The summed E-state index contributed by atoms with van der Waals surface area (Å²) < 4.78 is 0. The number of hydrogen-bond donors (Lipinski definition) is 0. The summed E-state index contributed by atoms with van der Waals surface area (Å²) in [6.07, 6.45) is 0. The third kappa shape index (κ3) is 2.60. The second-order valence-electron chi connectivity index (χ2n) is 2.66. The van der Waals surface area contributed by atoms with Crippen molar-refractivity contribution in [2.24, 2.45) is 0 Å². The van der Waals surface area contributed by atoms with Crippen LogP contribution in [0.1, 0.15) is 12.5 Å². The van der Waals surface area contributed by atoms with Crippen molar-refractivity contribution in [1.82, 2.24) is 0 Å². The Labute approximate surface area is 77.6 Å². The van der Waals surface area contributed by atoms with E-state index in [1.807, 2.05) is 6.92 Å². The van der Waals surface area contributed by atoms with Crippen LogP contribution in [-0.2, 0) is 0 Å². The summed E-state index contributed by atoms with van der Waals surface area (Å²) in [5, 5.41) is 0.0210. The molecule has 0 amide bonds. The van der Waals surface area contributed by atoms with Crippen molar-refractivity contribution in [3.8, 4) is 0 Å². The van der Waals surface area contributed by atoms with Crippen molar-refractivity contribution in [1.29, 1.82) is 0 Å². The summed E-state index contributed by atoms with van der Waals surface area (Å²) in [6, 6.07) is 8.25. The van der Waals surface area contributed by atoms with Crippen molar-refractivity contribution in [3.05, 3.63) is 41.2 Å². The predicted molar refractivity (Wildman–Crippen MR) is 53.1 cm³/mol. The first kappa shape index (κ1) is 9.15. The fourth-order valence-corrected chi connectivity index (χ4v) is 1.58. The van der Waals surface area contributed by atoms with Crippen LogP contribution in [0, 0.1) is 13.5 Å². The van der Waals surface area contributed by atoms with Crippen molar-refractivity contribution < 1.29 is 0 Å². The zero-order valence-corrected chi connectivity index (χ0v) is 8.06. The van der Waals surface area contributed by atoms with Crippen molar-refractivity contribution in [2.45, 2.75) is 24.1 Å². The summed E-state index contributed by atoms with van der Waals surface area (Å²) in [5.41, 5.74) is 1.26. The molecule has 0 aliphatic heterocycles. The molecule has 0 aromatic heterocycles. The molecule has 0 N–H and O–H groups in total. The van der Waals surface area contributed by atoms with Gasteiger partial charge in [0.15, 0.2) is 0 Å². The van der Waals surface area contributed by atoms with Crippen LogP contribution in [0.25, 0.3) is 4.85 Å². The summed E-state index contributed by atoms with van der Waals surface area (Å²) in [7, 11) is 0. The lowest BCUT2D eigenvalue weighted by Crippen LogP contribution is -1.85. The first-order valence-electron chi connectivity index (χ1n) is 3.82. The molecule has 2 heteroatoms. The highest BCUT2D eigenvalue weighted by Crippen LogP contribution is 2.23. The van der Waals surface area contributed by atoms with Gasteiger partial charge in [-0.15, -0.1) is 0 Å². The van der Waals surface area contributed by atoms with Gasteiger partial charge in [-0.1, -0.05) is 17.7 Å². The highest BCUT2D eigenvalue weighted by Gasteiger charge is 2.04. The highest BCUT2D eigenvalue weighted by atomic mass is 32.2. The van der Waals surface area contributed by atoms with E-state index in [1.54, 1.807) is 11.8 Å². The van der Waals surface area contributed by atoms with Gasteiger partial charge in [0, 0.05) is 11.8 Å². The number of rotatable bonds is 2. The minimum absolute atomic E-state index is 0.0210. The average Bonchev–Trinajstić information content (AvgIpc) is 2.09. The molecule has 0 aliphatic carbocycles. The second kappa shape index (κ2) is 4.18. The summed E-state index contributed by atoms with van der Waals surface area (Å²) in [6.45, 7) is 10.8. The lowest BCUT2D eigenvalue weighted by Gasteiger charge is -1.99. The zero-order chi connectivity index (χ0) is 8.97. The Morgan fingerprint density at radius 3 is 2.42 bits per heavy atom. The quantitative estimate of drug-likeness (QED) is 0.495. The number of benzene rings is 1. The monoisotopic (exact) mass is 177 g/mol. The van der Waals surface area contributed by atoms with Gasteiger partial charge in [0.05, 0.1) is 0 Å². The lowest BCUT2D eigenvalue weighted by molar-refractivity contribution is 1.23. The van der Waals surface area contributed by atoms with Gasteiger partial charge in [-0.25, -0.2) is 6.57 Å². The smallest absolute Gasteiger partial charge is 0.270 e. The molecular weight excluding hydrogens is 166 g/mol. The first-order chi connectivity index (χ1) is 5.72. The van der Waals surface area contributed by atoms with Crippen LogP contribution in [-0.4, -0.2) is 5.37 Å². The second-order valence-corrected chi connectivity index (χ2v) is 4.05. The maximum absolute atomic E-state index is 6.80. The van der Waals surface area contributed by atoms with Crippen molar-refractivity contribution in [3.63, 3.8) is 0 Å². The molecule has 0 bridgehead atoms. The molecule has 1 aromatic rings. The van der Waals surface area contributed by atoms with Gasteiger partial charge >= 0.3 is 0 Å². The minimum Gasteiger partial charge on any atom is -0.302 e. The molecule has 1 rings (SSSR count). The van der Waals surface area contributed by atoms with Gasteiger partial charge in [-0.2, -0.15) is 0 Å². The normalized spacial score (nSPS) is 12.1. The zero-order valence-electron chi connectivity index (χ0n) is 7.24. The van der Waals surface area contributed by atoms with Crippen molar-refractivity contribution in [2.75, 3.05) is 0 Å². The third-order valence-electron chi connectivity index (χ3n) is 1.51. The van der Waals surface area contributed by atoms with Gasteiger partial charge < -0.3 is 4.85 Å². The van der Waals surface area contributed by atoms with Crippen LogP contribution in [0.2, 0.25) is 0 Å². The SMILES string of the molecule is [C-]#[N+]C(C)Sc1ccc(C)cc1. The summed E-state index contributed by atoms with van der Waals surface area (Å²) in [5.74, 6) is 0. The molecule has 1 unspecified atom stereocenters. The maximum atomic E-state index is 6.80. The summed E-state index contributed by atoms with van der Waals surface area (Å²) >= 11 is 1.60. The van der Waals surface area contributed by atoms with E-state index >= 15 is 0 Å². The van der Waals surface area contributed by atoms with E-state index in [2.05, 4.69) is 36.0 Å². The molecule has 62 valence electrons. The van der Waals surface area contributed by atoms with Gasteiger partial charge in [0.25, 0.3) is 5.37 Å². The number of aryl methyl sites for hydroxylation is 1. The number of nitrogens with zero attached hydrogens (tertiary/aromatic N) is 1. The van der Waals surface area contributed by atoms with Crippen molar-refractivity contribution >= 4 is 11.8 Å². The Morgan fingerprint density at radius 1 is 1.33 bits per heavy atom. The molecule has 0 spiro atoms. The first-order valence-corrected chi connectivity index (χ1v) is 4.70. The molecule has 12 heavy (non-hydrogen) atoms. The Hall–Kier alpha value is -0.940. The van der Waals surface area contributed by atoms with Gasteiger partial charge in [-0.3, -0.25) is 0 Å². The molecule has 0 fully saturated rings. The summed E-state index contributed by atoms with van der Waals surface area (Å²) in [4.78, 5) is 4.59. The standard InChI is InChI=1S/C10H11NS/c1-8-4-6-10(7-5-8)12-9(2)11-3/h4-7,9H,1-2H3. The largest absolute Gasteiger partial charge is 0.302 e. The van der Waals surface area contributed by atoms with Crippen LogP contribution >= 0.6 is 11.8 Å². The maximum Gasteiger partial charge on any atom is 0.270 e. The van der Waals surface area contributed by atoms with E-state index in [0.29, 0.717) is 0 Å². The number of hydrogen-bond acceptors (Lipinski definition) is 1. The van der Waals surface area contributed by atoms with Gasteiger partial charge in [0.2, 0.25) is 0 Å². The minimum atomic E-state index is 0.0210. The predicted octanol–water partition coefficient (Wildman–Crippen LogP) is 3.35. The van der Waals surface area contributed by atoms with E-state index in [1.165, 1.54) is 10.5 Å². The Morgan fingerprint density at radius 2 is 1.92 bits per heavy atom. The molecule has 0 saturated carbocycles. The topological polar surface area (TPSA) is 4.36 Å². The molecule has 1 aromatic carbocycles. The van der Waals surface area contributed by atoms with Crippen LogP contribution in [0.3, 0.4) is 0 Å². The number of thioether (sulfide) groups is 1. The van der Waals surface area contributed by atoms with E-state index in [0.717, 1.165) is 0 Å². The van der Waals surface area contributed by atoms with Crippen LogP contribution in [0.5, 0.6) is 0 Å². The van der Waals surface area contributed by atoms with E-state index in [4.69, 9.17) is 6.57 Å². The average molecular weight is 177 g/mol. The van der Waals surface area contributed by atoms with Gasteiger partial charge in [0.1, 0.15) is 0 Å². The molecule has 0 radical (unpaired) electrons. The Kier molecular flexibility index (Phi) is 3.19. The van der Waals surface area contributed by atoms with Crippen LogP contribution < -0.4 is 0 Å². The molecular formula is C10H11NS. The molecule has 0 heterocycles. The van der Waals surface area contributed by atoms with E-state index in [9.17, 15) is 0 Å². The fraction of sp³-hybridized carbons (Fsp3) is 0.300. The molecule has 0 saturated heterocycles. The molecule has 0 aliphatic rings. The lowest BCUT2D eigenvalue weighted by atomic mass is 10.2. The van der Waals surface area contributed by atoms with E-state index in [-0.39, 0.29) is 5.37 Å². The fourth-order valence-electron chi connectivity index (χ4n) is 0.840. The highest BCUT2D eigenvalue weighted by molar-refractivity contribution is 8.00. The molecule has 1 atom stereocenters. The third-order valence-corrected chi connectivity index (χ3v) is 2.50. The van der Waals surface area contributed by atoms with Crippen LogP contribution in [0.15, 0.2) is 29.2 Å². The Bertz CT molecular complexity index is 284. The van der Waals surface area contributed by atoms with Crippen LogP contribution in [0.4, 0.5) is 0 Å². The molecule has 1 nitrogen and oxygen atoms in total. The van der Waals surface area contributed by atoms with Gasteiger partial charge in [-0.05, 0) is 30.8 Å².